The summed E-state index contributed by atoms with van der Waals surface area (Å²) in [6, 6.07) is 76.5. The zero-order chi connectivity index (χ0) is 49.6. The maximum atomic E-state index is 7.16. The predicted octanol–water partition coefficient (Wildman–Crippen LogP) is 17.2. The second-order valence-corrected chi connectivity index (χ2v) is 21.5. The van der Waals surface area contributed by atoms with Crippen LogP contribution in [0.25, 0.3) is 106 Å². The maximum absolute atomic E-state index is 7.16. The van der Waals surface area contributed by atoms with Gasteiger partial charge in [-0.15, -0.1) is 0 Å². The summed E-state index contributed by atoms with van der Waals surface area (Å²) in [5.74, 6) is 2.35. The monoisotopic (exact) mass is 942 g/mol. The molecule has 0 fully saturated rings. The number of hydrogen-bond donors (Lipinski definition) is 0. The van der Waals surface area contributed by atoms with Crippen LogP contribution in [0.2, 0.25) is 0 Å². The lowest BCUT2D eigenvalue weighted by molar-refractivity contribution is -0.572. The predicted molar refractivity (Wildman–Crippen MR) is 300 cm³/mol. The average molecular weight is 943 g/mol. The van der Waals surface area contributed by atoms with Gasteiger partial charge in [-0.25, -0.2) is 4.98 Å². The van der Waals surface area contributed by atoms with Gasteiger partial charge < -0.3 is 4.74 Å². The minimum Gasteiger partial charge on any atom is -0.458 e. The Hall–Kier alpha value is -8.80. The van der Waals surface area contributed by atoms with E-state index in [-0.39, 0.29) is 10.8 Å². The molecule has 0 amide bonds. The first-order chi connectivity index (χ1) is 35.4. The number of para-hydroxylation sites is 2. The number of pyridine rings is 1. The molecule has 352 valence electrons. The van der Waals surface area contributed by atoms with Gasteiger partial charge in [0.2, 0.25) is 0 Å². The molecule has 0 radical (unpaired) electrons. The van der Waals surface area contributed by atoms with Gasteiger partial charge in [-0.1, -0.05) is 187 Å². The van der Waals surface area contributed by atoms with Crippen LogP contribution in [0.1, 0.15) is 52.7 Å². The lowest BCUT2D eigenvalue weighted by Crippen LogP contribution is -2.29. The van der Waals surface area contributed by atoms with Crippen LogP contribution in [0.15, 0.2) is 219 Å². The van der Waals surface area contributed by atoms with Crippen LogP contribution in [0.3, 0.4) is 0 Å². The van der Waals surface area contributed by atoms with Gasteiger partial charge in [0.25, 0.3) is 6.33 Å². The fourth-order valence-electron chi connectivity index (χ4n) is 10.9. The molecule has 73 heavy (non-hydrogen) atoms. The molecule has 0 spiro atoms. The number of fused-ring (bicyclic) bond motifs is 8. The Labute approximate surface area is 426 Å². The number of benzene rings is 9. The minimum absolute atomic E-state index is 0.0829. The first-order valence-corrected chi connectivity index (χ1v) is 25.3. The molecule has 0 saturated heterocycles. The summed E-state index contributed by atoms with van der Waals surface area (Å²) in [4.78, 5) is 5.16. The van der Waals surface area contributed by atoms with Crippen molar-refractivity contribution in [3.63, 3.8) is 0 Å². The highest BCUT2D eigenvalue weighted by Gasteiger charge is 2.30. The molecule has 0 N–H and O–H groups in total. The van der Waals surface area contributed by atoms with Gasteiger partial charge in [-0.05, 0) is 132 Å². The highest BCUT2D eigenvalue weighted by atomic mass is 16.5. The van der Waals surface area contributed by atoms with Crippen LogP contribution < -0.4 is 9.30 Å². The molecular formula is C68H54N4O. The minimum atomic E-state index is -0.188. The average Bonchev–Trinajstić information content (AvgIpc) is 3.94. The Morgan fingerprint density at radius 1 is 0.479 bits per heavy atom. The zero-order valence-corrected chi connectivity index (χ0v) is 42.0. The summed E-state index contributed by atoms with van der Waals surface area (Å²) in [6.45, 7) is 13.6. The Bertz CT molecular complexity index is 4060. The molecular weight excluding hydrogens is 889 g/mol. The van der Waals surface area contributed by atoms with E-state index in [9.17, 15) is 0 Å². The molecule has 1 aliphatic rings. The first kappa shape index (κ1) is 44.2. The molecule has 0 unspecified atom stereocenters. The Balaban J connectivity index is 0.993. The highest BCUT2D eigenvalue weighted by molar-refractivity contribution is 6.19. The third-order valence-electron chi connectivity index (χ3n) is 14.6. The molecule has 0 bridgehead atoms. The molecule has 0 saturated carbocycles. The summed E-state index contributed by atoms with van der Waals surface area (Å²) < 4.78 is 13.9. The van der Waals surface area contributed by atoms with E-state index in [1.807, 2.05) is 6.20 Å². The van der Waals surface area contributed by atoms with E-state index in [0.717, 1.165) is 84.1 Å². The standard InChI is InChI=1S/C68H54N4O/c1-67(2,3)49-33-34-69-63(40-49)72-62-42-53(31-32-58(62)65-59-28-18-24-46-23-17-27-56(64(46)59)55-25-13-14-26-57(55)66(65)72)73-54-39-50(68(4,5)6)38-52(41-54)71-43-70(60-29-15-16-30-61(60)71)51-36-47(44-19-9-7-10-20-44)35-48(37-51)45-21-11-8-12-22-45/h7-42H,1-6H3. The van der Waals surface area contributed by atoms with Gasteiger partial charge in [0.05, 0.1) is 33.6 Å². The van der Waals surface area contributed by atoms with Gasteiger partial charge in [0.1, 0.15) is 17.3 Å². The number of aromatic nitrogens is 4. The van der Waals surface area contributed by atoms with Gasteiger partial charge in [0, 0.05) is 28.8 Å². The number of rotatable bonds is 7. The summed E-state index contributed by atoms with van der Waals surface area (Å²) >= 11 is 0. The Morgan fingerprint density at radius 2 is 1.12 bits per heavy atom. The van der Waals surface area contributed by atoms with Crippen molar-refractivity contribution in [3.05, 3.63) is 236 Å². The number of imidazole rings is 1. The summed E-state index contributed by atoms with van der Waals surface area (Å²) in [5, 5.41) is 3.62. The molecule has 3 heterocycles. The van der Waals surface area contributed by atoms with E-state index in [2.05, 4.69) is 274 Å². The molecule has 0 aliphatic heterocycles. The van der Waals surface area contributed by atoms with E-state index < -0.39 is 0 Å². The summed E-state index contributed by atoms with van der Waals surface area (Å²) in [6.07, 6.45) is 5.80. The molecule has 12 aromatic rings. The van der Waals surface area contributed by atoms with E-state index in [1.54, 1.807) is 0 Å². The van der Waals surface area contributed by atoms with Crippen molar-refractivity contribution in [2.45, 2.75) is 52.4 Å². The molecule has 1 aliphatic carbocycles. The zero-order valence-electron chi connectivity index (χ0n) is 42.0. The van der Waals surface area contributed by atoms with E-state index in [1.165, 1.54) is 44.2 Å². The molecule has 0 atom stereocenters. The number of hydrogen-bond acceptors (Lipinski definition) is 2. The lowest BCUT2D eigenvalue weighted by Gasteiger charge is -2.22. The van der Waals surface area contributed by atoms with Crippen molar-refractivity contribution < 1.29 is 9.30 Å². The van der Waals surface area contributed by atoms with E-state index >= 15 is 0 Å². The van der Waals surface area contributed by atoms with Crippen LogP contribution >= 0.6 is 0 Å². The van der Waals surface area contributed by atoms with E-state index in [4.69, 9.17) is 9.72 Å². The van der Waals surface area contributed by atoms with Crippen molar-refractivity contribution >= 4 is 32.7 Å². The Morgan fingerprint density at radius 3 is 1.84 bits per heavy atom. The summed E-state index contributed by atoms with van der Waals surface area (Å²) in [7, 11) is 0. The van der Waals surface area contributed by atoms with E-state index in [0.29, 0.717) is 0 Å². The van der Waals surface area contributed by atoms with Crippen molar-refractivity contribution in [1.82, 2.24) is 14.1 Å². The molecule has 13 rings (SSSR count). The molecule has 9 aromatic carbocycles. The normalized spacial score (nSPS) is 12.2. The molecule has 3 aromatic heterocycles. The Kier molecular flexibility index (Phi) is 10.2. The third kappa shape index (κ3) is 7.62. The van der Waals surface area contributed by atoms with Crippen molar-refractivity contribution in [2.75, 3.05) is 0 Å². The van der Waals surface area contributed by atoms with Gasteiger partial charge in [-0.3, -0.25) is 13.7 Å². The van der Waals surface area contributed by atoms with Crippen molar-refractivity contribution in [2.24, 2.45) is 0 Å². The summed E-state index contributed by atoms with van der Waals surface area (Å²) in [5.41, 5.74) is 18.9. The van der Waals surface area contributed by atoms with Crippen LogP contribution in [-0.4, -0.2) is 14.1 Å². The second-order valence-electron chi connectivity index (χ2n) is 21.5. The third-order valence-corrected chi connectivity index (χ3v) is 14.6. The second kappa shape index (κ2) is 16.9. The fraction of sp³-hybridized carbons (Fsp3) is 0.118. The van der Waals surface area contributed by atoms with Gasteiger partial charge in [0.15, 0.2) is 0 Å². The van der Waals surface area contributed by atoms with Crippen molar-refractivity contribution in [1.29, 1.82) is 0 Å². The number of ether oxygens (including phenoxy) is 1. The molecule has 5 heteroatoms. The topological polar surface area (TPSA) is 35.9 Å². The van der Waals surface area contributed by atoms with Crippen LogP contribution in [-0.2, 0) is 10.8 Å². The van der Waals surface area contributed by atoms with Crippen LogP contribution in [0.4, 0.5) is 0 Å². The quantitative estimate of drug-likeness (QED) is 0.118. The maximum Gasteiger partial charge on any atom is 0.269 e. The molecule has 5 nitrogen and oxygen atoms in total. The number of nitrogens with zero attached hydrogens (tertiary/aromatic N) is 4. The highest BCUT2D eigenvalue weighted by Crippen LogP contribution is 2.52. The van der Waals surface area contributed by atoms with Crippen LogP contribution in [0, 0.1) is 6.33 Å². The van der Waals surface area contributed by atoms with Gasteiger partial charge >= 0.3 is 0 Å². The SMILES string of the molecule is CC(C)(C)c1cc(Oc2ccc3c4c(n(-c5cc(C(C)(C)C)ccn5)c3c2)-c2ccccc2-c2cccc3cccc-4c23)cc(-n2[c-][n+](-c3cc(-c4ccccc4)cc(-c4ccccc4)c3)c3ccccc32)c1. The van der Waals surface area contributed by atoms with Gasteiger partial charge in [-0.2, -0.15) is 0 Å². The van der Waals surface area contributed by atoms with Crippen molar-refractivity contribution in [3.8, 4) is 84.5 Å². The largest absolute Gasteiger partial charge is 0.458 e. The lowest BCUT2D eigenvalue weighted by atomic mass is 9.86. The smallest absolute Gasteiger partial charge is 0.269 e. The van der Waals surface area contributed by atoms with Crippen LogP contribution in [0.5, 0.6) is 11.5 Å². The first-order valence-electron chi connectivity index (χ1n) is 25.3. The fourth-order valence-corrected chi connectivity index (χ4v) is 10.9.